The third kappa shape index (κ3) is 2.95. The second-order valence-corrected chi connectivity index (χ2v) is 6.30. The SMILES string of the molecule is Fc1cc(Br)c(Cl)cc1C(Br)CC1CC1. The molecule has 1 aromatic carbocycles. The summed E-state index contributed by atoms with van der Waals surface area (Å²) in [6.45, 7) is 0. The van der Waals surface area contributed by atoms with Crippen LogP contribution in [0.1, 0.15) is 29.7 Å². The lowest BCUT2D eigenvalue weighted by Gasteiger charge is -2.11. The van der Waals surface area contributed by atoms with E-state index in [1.165, 1.54) is 18.9 Å². The van der Waals surface area contributed by atoms with Gasteiger partial charge in [0.05, 0.1) is 5.02 Å². The van der Waals surface area contributed by atoms with Gasteiger partial charge < -0.3 is 0 Å². The third-order valence-corrected chi connectivity index (χ3v) is 4.68. The molecule has 1 atom stereocenters. The van der Waals surface area contributed by atoms with Crippen LogP contribution >= 0.6 is 43.5 Å². The lowest BCUT2D eigenvalue weighted by Crippen LogP contribution is -1.96. The van der Waals surface area contributed by atoms with E-state index in [2.05, 4.69) is 31.9 Å². The van der Waals surface area contributed by atoms with E-state index >= 15 is 0 Å². The van der Waals surface area contributed by atoms with Crippen LogP contribution in [0.5, 0.6) is 0 Å². The Bertz CT molecular complexity index is 377. The normalized spacial score (nSPS) is 17.9. The summed E-state index contributed by atoms with van der Waals surface area (Å²) in [6, 6.07) is 3.13. The molecule has 0 amide bonds. The summed E-state index contributed by atoms with van der Waals surface area (Å²) in [5.41, 5.74) is 0.662. The smallest absolute Gasteiger partial charge is 0.128 e. The van der Waals surface area contributed by atoms with Gasteiger partial charge in [0.15, 0.2) is 0 Å². The first kappa shape index (κ1) is 11.9. The summed E-state index contributed by atoms with van der Waals surface area (Å²) in [4.78, 5) is 0.0793. The lowest BCUT2D eigenvalue weighted by atomic mass is 10.1. The predicted octanol–water partition coefficient (Wildman–Crippen LogP) is 5.48. The second kappa shape index (κ2) is 4.72. The molecule has 0 bridgehead atoms. The molecule has 1 aliphatic rings. The molecule has 0 saturated heterocycles. The molecule has 1 unspecified atom stereocenters. The summed E-state index contributed by atoms with van der Waals surface area (Å²) < 4.78 is 14.2. The molecule has 1 fully saturated rings. The van der Waals surface area contributed by atoms with Crippen LogP contribution in [0.15, 0.2) is 16.6 Å². The molecular formula is C11H10Br2ClF. The van der Waals surface area contributed by atoms with Crippen molar-refractivity contribution in [1.29, 1.82) is 0 Å². The van der Waals surface area contributed by atoms with Crippen molar-refractivity contribution in [3.05, 3.63) is 33.0 Å². The molecule has 1 saturated carbocycles. The highest BCUT2D eigenvalue weighted by Crippen LogP contribution is 2.42. The summed E-state index contributed by atoms with van der Waals surface area (Å²) in [6.07, 6.45) is 3.54. The molecule has 2 rings (SSSR count). The molecular weight excluding hydrogens is 346 g/mol. The summed E-state index contributed by atoms with van der Waals surface area (Å²) >= 11 is 12.7. The van der Waals surface area contributed by atoms with E-state index in [0.29, 0.717) is 15.1 Å². The average molecular weight is 356 g/mol. The first-order valence-corrected chi connectivity index (χ1v) is 6.95. The number of benzene rings is 1. The van der Waals surface area contributed by atoms with Crippen LogP contribution < -0.4 is 0 Å². The Balaban J connectivity index is 2.21. The van der Waals surface area contributed by atoms with Crippen molar-refractivity contribution < 1.29 is 4.39 Å². The lowest BCUT2D eigenvalue weighted by molar-refractivity contribution is 0.595. The maximum absolute atomic E-state index is 13.6. The Labute approximate surface area is 110 Å². The fraction of sp³-hybridized carbons (Fsp3) is 0.455. The summed E-state index contributed by atoms with van der Waals surface area (Å²) in [5, 5.41) is 0.562. The minimum Gasteiger partial charge on any atom is -0.207 e. The summed E-state index contributed by atoms with van der Waals surface area (Å²) in [7, 11) is 0. The van der Waals surface area contributed by atoms with Crippen molar-refractivity contribution in [3.63, 3.8) is 0 Å². The molecule has 0 aromatic heterocycles. The van der Waals surface area contributed by atoms with E-state index in [-0.39, 0.29) is 10.6 Å². The van der Waals surface area contributed by atoms with Crippen molar-refractivity contribution >= 4 is 43.5 Å². The quantitative estimate of drug-likeness (QED) is 0.497. The Morgan fingerprint density at radius 2 is 2.13 bits per heavy atom. The molecule has 0 heterocycles. The number of rotatable bonds is 3. The van der Waals surface area contributed by atoms with Crippen LogP contribution in [0, 0.1) is 11.7 Å². The van der Waals surface area contributed by atoms with E-state index in [1.807, 2.05) is 0 Å². The predicted molar refractivity (Wildman–Crippen MR) is 68.1 cm³/mol. The van der Waals surface area contributed by atoms with Crippen LogP contribution in [0.2, 0.25) is 5.02 Å². The second-order valence-electron chi connectivity index (χ2n) is 3.93. The first-order valence-electron chi connectivity index (χ1n) is 4.86. The van der Waals surface area contributed by atoms with Gasteiger partial charge in [-0.15, -0.1) is 0 Å². The molecule has 0 spiro atoms. The van der Waals surface area contributed by atoms with E-state index < -0.39 is 0 Å². The van der Waals surface area contributed by atoms with Crippen molar-refractivity contribution in [3.8, 4) is 0 Å². The summed E-state index contributed by atoms with van der Waals surface area (Å²) in [5.74, 6) is 0.560. The molecule has 0 N–H and O–H groups in total. The molecule has 1 aromatic rings. The zero-order valence-corrected chi connectivity index (χ0v) is 11.9. The topological polar surface area (TPSA) is 0 Å². The maximum Gasteiger partial charge on any atom is 0.128 e. The molecule has 0 aliphatic heterocycles. The van der Waals surface area contributed by atoms with Crippen molar-refractivity contribution in [2.24, 2.45) is 5.92 Å². The van der Waals surface area contributed by atoms with Crippen molar-refractivity contribution in [2.75, 3.05) is 0 Å². The molecule has 1 aliphatic carbocycles. The zero-order chi connectivity index (χ0) is 11.0. The van der Waals surface area contributed by atoms with Gasteiger partial charge in [0, 0.05) is 14.9 Å². The number of halogens is 4. The van der Waals surface area contributed by atoms with Crippen molar-refractivity contribution in [2.45, 2.75) is 24.1 Å². The Kier molecular flexibility index (Phi) is 3.74. The maximum atomic E-state index is 13.6. The Morgan fingerprint density at radius 1 is 1.47 bits per heavy atom. The Hall–Kier alpha value is 0.400. The van der Waals surface area contributed by atoms with Crippen LogP contribution in [0.3, 0.4) is 0 Å². The fourth-order valence-corrected chi connectivity index (χ4v) is 2.92. The van der Waals surface area contributed by atoms with Gasteiger partial charge in [-0.05, 0) is 40.4 Å². The van der Waals surface area contributed by atoms with Gasteiger partial charge in [-0.3, -0.25) is 0 Å². The van der Waals surface area contributed by atoms with E-state index in [0.717, 1.165) is 12.3 Å². The minimum absolute atomic E-state index is 0.0793. The first-order chi connectivity index (χ1) is 7.08. The van der Waals surface area contributed by atoms with Gasteiger partial charge >= 0.3 is 0 Å². The number of alkyl halides is 1. The molecule has 82 valence electrons. The monoisotopic (exact) mass is 354 g/mol. The zero-order valence-electron chi connectivity index (χ0n) is 7.94. The van der Waals surface area contributed by atoms with Crippen LogP contribution in [-0.2, 0) is 0 Å². The molecule has 4 heteroatoms. The van der Waals surface area contributed by atoms with Gasteiger partial charge in [-0.25, -0.2) is 4.39 Å². The van der Waals surface area contributed by atoms with Gasteiger partial charge in [-0.1, -0.05) is 40.4 Å². The highest BCUT2D eigenvalue weighted by atomic mass is 79.9. The fourth-order valence-electron chi connectivity index (χ4n) is 1.55. The number of hydrogen-bond donors (Lipinski definition) is 0. The standard InChI is InChI=1S/C11H10Br2ClF/c12-8(3-6-1-2-6)7-4-10(14)9(13)5-11(7)15/h4-6,8H,1-3H2. The van der Waals surface area contributed by atoms with E-state index in [1.54, 1.807) is 6.07 Å². The van der Waals surface area contributed by atoms with Gasteiger partial charge in [-0.2, -0.15) is 0 Å². The highest BCUT2D eigenvalue weighted by molar-refractivity contribution is 9.10. The highest BCUT2D eigenvalue weighted by Gasteiger charge is 2.26. The van der Waals surface area contributed by atoms with Gasteiger partial charge in [0.2, 0.25) is 0 Å². The minimum atomic E-state index is -0.200. The van der Waals surface area contributed by atoms with Crippen LogP contribution in [-0.4, -0.2) is 0 Å². The van der Waals surface area contributed by atoms with Gasteiger partial charge in [0.1, 0.15) is 5.82 Å². The molecule has 0 radical (unpaired) electrons. The largest absolute Gasteiger partial charge is 0.207 e. The third-order valence-electron chi connectivity index (χ3n) is 2.61. The van der Waals surface area contributed by atoms with Gasteiger partial charge in [0.25, 0.3) is 0 Å². The van der Waals surface area contributed by atoms with Crippen LogP contribution in [0.25, 0.3) is 0 Å². The molecule has 15 heavy (non-hydrogen) atoms. The number of hydrogen-bond acceptors (Lipinski definition) is 0. The molecule has 0 nitrogen and oxygen atoms in total. The van der Waals surface area contributed by atoms with Crippen molar-refractivity contribution in [1.82, 2.24) is 0 Å². The Morgan fingerprint density at radius 3 is 2.73 bits per heavy atom. The average Bonchev–Trinajstić information content (AvgIpc) is 2.95. The van der Waals surface area contributed by atoms with E-state index in [4.69, 9.17) is 11.6 Å². The van der Waals surface area contributed by atoms with Crippen LogP contribution in [0.4, 0.5) is 4.39 Å². The van der Waals surface area contributed by atoms with E-state index in [9.17, 15) is 4.39 Å².